The van der Waals surface area contributed by atoms with Gasteiger partial charge in [0.25, 0.3) is 0 Å². The molecule has 1 rings (SSSR count). The van der Waals surface area contributed by atoms with Gasteiger partial charge in [-0.1, -0.05) is 41.8 Å². The molecular formula is C12H19BrClN. The average molecular weight is 293 g/mol. The lowest BCUT2D eigenvalue weighted by molar-refractivity contribution is 0.601. The van der Waals surface area contributed by atoms with Crippen molar-refractivity contribution in [2.45, 2.75) is 39.2 Å². The fourth-order valence-electron chi connectivity index (χ4n) is 1.59. The van der Waals surface area contributed by atoms with Crippen LogP contribution in [0, 0.1) is 6.92 Å². The monoisotopic (exact) mass is 291 g/mol. The van der Waals surface area contributed by atoms with Crippen molar-refractivity contribution >= 4 is 28.3 Å². The number of halogens is 2. The molecule has 3 heteroatoms. The van der Waals surface area contributed by atoms with Crippen LogP contribution in [0.25, 0.3) is 0 Å². The van der Waals surface area contributed by atoms with Crippen LogP contribution in [0.5, 0.6) is 0 Å². The molecule has 1 aromatic carbocycles. The Bertz CT molecular complexity index is 302. The Hall–Kier alpha value is -0.0500. The maximum atomic E-state index is 6.13. The average Bonchev–Trinajstić information content (AvgIpc) is 2.18. The fourth-order valence-corrected chi connectivity index (χ4v) is 1.97. The van der Waals surface area contributed by atoms with Gasteiger partial charge in [0, 0.05) is 10.5 Å². The number of unbranched alkanes of at least 4 members (excludes halogenated alkanes) is 1. The highest BCUT2D eigenvalue weighted by Gasteiger charge is 2.08. The number of nitrogens with two attached hydrogens (primary N) is 1. The summed E-state index contributed by atoms with van der Waals surface area (Å²) >= 11 is 3.48. The molecule has 0 amide bonds. The van der Waals surface area contributed by atoms with Gasteiger partial charge in [-0.25, -0.2) is 0 Å². The van der Waals surface area contributed by atoms with Crippen molar-refractivity contribution in [2.24, 2.45) is 5.73 Å². The van der Waals surface area contributed by atoms with E-state index in [-0.39, 0.29) is 18.4 Å². The largest absolute Gasteiger partial charge is 0.324 e. The van der Waals surface area contributed by atoms with Gasteiger partial charge in [0.2, 0.25) is 0 Å². The first kappa shape index (κ1) is 14.9. The van der Waals surface area contributed by atoms with Gasteiger partial charge in [0.05, 0.1) is 0 Å². The third-order valence-electron chi connectivity index (χ3n) is 2.51. The third kappa shape index (κ3) is 4.54. The van der Waals surface area contributed by atoms with E-state index < -0.39 is 0 Å². The summed E-state index contributed by atoms with van der Waals surface area (Å²) in [6.07, 6.45) is 3.49. The molecule has 86 valence electrons. The molecule has 0 aliphatic heterocycles. The molecule has 0 aliphatic carbocycles. The first-order valence-corrected chi connectivity index (χ1v) is 5.96. The molecule has 0 fully saturated rings. The molecule has 2 N–H and O–H groups in total. The van der Waals surface area contributed by atoms with Crippen molar-refractivity contribution in [3.63, 3.8) is 0 Å². The van der Waals surface area contributed by atoms with E-state index in [1.807, 2.05) is 0 Å². The van der Waals surface area contributed by atoms with Crippen LogP contribution in [0.15, 0.2) is 22.7 Å². The minimum Gasteiger partial charge on any atom is -0.324 e. The van der Waals surface area contributed by atoms with Crippen LogP contribution in [-0.2, 0) is 0 Å². The lowest BCUT2D eigenvalue weighted by Crippen LogP contribution is -2.11. The lowest BCUT2D eigenvalue weighted by atomic mass is 9.98. The van der Waals surface area contributed by atoms with Crippen molar-refractivity contribution < 1.29 is 0 Å². The molecule has 0 unspecified atom stereocenters. The summed E-state index contributed by atoms with van der Waals surface area (Å²) in [5.74, 6) is 0. The number of benzene rings is 1. The van der Waals surface area contributed by atoms with Crippen molar-refractivity contribution in [3.05, 3.63) is 33.8 Å². The predicted molar refractivity (Wildman–Crippen MR) is 72.6 cm³/mol. The second-order valence-electron chi connectivity index (χ2n) is 3.75. The Morgan fingerprint density at radius 1 is 1.40 bits per heavy atom. The van der Waals surface area contributed by atoms with Gasteiger partial charge in [-0.2, -0.15) is 0 Å². The van der Waals surface area contributed by atoms with Gasteiger partial charge in [0.15, 0.2) is 0 Å². The molecule has 0 saturated heterocycles. The second-order valence-corrected chi connectivity index (χ2v) is 4.67. The van der Waals surface area contributed by atoms with Crippen LogP contribution in [0.1, 0.15) is 43.4 Å². The fraction of sp³-hybridized carbons (Fsp3) is 0.500. The minimum atomic E-state index is 0. The first-order valence-electron chi connectivity index (χ1n) is 5.16. The zero-order valence-corrected chi connectivity index (χ0v) is 11.7. The van der Waals surface area contributed by atoms with E-state index in [0.29, 0.717) is 0 Å². The van der Waals surface area contributed by atoms with Gasteiger partial charge in [-0.3, -0.25) is 0 Å². The number of rotatable bonds is 4. The zero-order valence-electron chi connectivity index (χ0n) is 9.29. The molecule has 0 aromatic heterocycles. The van der Waals surface area contributed by atoms with E-state index in [1.165, 1.54) is 24.0 Å². The summed E-state index contributed by atoms with van der Waals surface area (Å²) in [4.78, 5) is 0. The Morgan fingerprint density at radius 2 is 2.07 bits per heavy atom. The minimum absolute atomic E-state index is 0. The molecule has 0 radical (unpaired) electrons. The SMILES string of the molecule is CCCC[C@@H](N)c1cc(Br)ccc1C.Cl. The lowest BCUT2D eigenvalue weighted by Gasteiger charge is -2.14. The van der Waals surface area contributed by atoms with E-state index in [0.717, 1.165) is 10.9 Å². The molecule has 0 heterocycles. The van der Waals surface area contributed by atoms with Crippen LogP contribution < -0.4 is 5.73 Å². The van der Waals surface area contributed by atoms with Crippen molar-refractivity contribution in [3.8, 4) is 0 Å². The smallest absolute Gasteiger partial charge is 0.0297 e. The molecule has 15 heavy (non-hydrogen) atoms. The number of hydrogen-bond donors (Lipinski definition) is 1. The third-order valence-corrected chi connectivity index (χ3v) is 3.00. The van der Waals surface area contributed by atoms with Gasteiger partial charge in [-0.15, -0.1) is 12.4 Å². The van der Waals surface area contributed by atoms with Crippen LogP contribution >= 0.6 is 28.3 Å². The highest BCUT2D eigenvalue weighted by Crippen LogP contribution is 2.23. The summed E-state index contributed by atoms with van der Waals surface area (Å²) in [5.41, 5.74) is 8.69. The van der Waals surface area contributed by atoms with E-state index in [2.05, 4.69) is 48.0 Å². The van der Waals surface area contributed by atoms with Crippen LogP contribution in [0.3, 0.4) is 0 Å². The molecule has 0 bridgehead atoms. The Kier molecular flexibility index (Phi) is 7.24. The molecular weight excluding hydrogens is 273 g/mol. The molecule has 1 atom stereocenters. The van der Waals surface area contributed by atoms with Crippen LogP contribution in [-0.4, -0.2) is 0 Å². The highest BCUT2D eigenvalue weighted by atomic mass is 79.9. The van der Waals surface area contributed by atoms with E-state index in [9.17, 15) is 0 Å². The molecule has 0 aliphatic rings. The van der Waals surface area contributed by atoms with E-state index in [1.54, 1.807) is 0 Å². The summed E-state index contributed by atoms with van der Waals surface area (Å²) < 4.78 is 1.12. The van der Waals surface area contributed by atoms with Gasteiger partial charge in [-0.05, 0) is 36.6 Å². The Labute approximate surface area is 107 Å². The van der Waals surface area contributed by atoms with Crippen molar-refractivity contribution in [2.75, 3.05) is 0 Å². The van der Waals surface area contributed by atoms with Gasteiger partial charge < -0.3 is 5.73 Å². The Morgan fingerprint density at radius 3 is 2.67 bits per heavy atom. The number of hydrogen-bond acceptors (Lipinski definition) is 1. The quantitative estimate of drug-likeness (QED) is 0.876. The van der Waals surface area contributed by atoms with E-state index in [4.69, 9.17) is 5.73 Å². The van der Waals surface area contributed by atoms with Crippen molar-refractivity contribution in [1.29, 1.82) is 0 Å². The highest BCUT2D eigenvalue weighted by molar-refractivity contribution is 9.10. The molecule has 1 aromatic rings. The maximum Gasteiger partial charge on any atom is 0.0297 e. The Balaban J connectivity index is 0.00000196. The molecule has 0 spiro atoms. The summed E-state index contributed by atoms with van der Waals surface area (Å²) in [5, 5.41) is 0. The standard InChI is InChI=1S/C12H18BrN.ClH/c1-3-4-5-12(14)11-8-10(13)7-6-9(11)2;/h6-8,12H,3-5,14H2,1-2H3;1H/t12-;/m1./s1. The van der Waals surface area contributed by atoms with Gasteiger partial charge >= 0.3 is 0 Å². The number of aryl methyl sites for hydroxylation is 1. The maximum absolute atomic E-state index is 6.13. The first-order chi connectivity index (χ1) is 6.65. The second kappa shape index (κ2) is 7.26. The van der Waals surface area contributed by atoms with E-state index >= 15 is 0 Å². The molecule has 1 nitrogen and oxygen atoms in total. The van der Waals surface area contributed by atoms with Crippen LogP contribution in [0.2, 0.25) is 0 Å². The summed E-state index contributed by atoms with van der Waals surface area (Å²) in [7, 11) is 0. The van der Waals surface area contributed by atoms with Crippen LogP contribution in [0.4, 0.5) is 0 Å². The topological polar surface area (TPSA) is 26.0 Å². The predicted octanol–water partition coefficient (Wildman–Crippen LogP) is 4.37. The van der Waals surface area contributed by atoms with Crippen molar-refractivity contribution in [1.82, 2.24) is 0 Å². The summed E-state index contributed by atoms with van der Waals surface area (Å²) in [6, 6.07) is 6.50. The van der Waals surface area contributed by atoms with Gasteiger partial charge in [0.1, 0.15) is 0 Å². The normalized spacial score (nSPS) is 12.0. The zero-order chi connectivity index (χ0) is 10.6. The molecule has 0 saturated carbocycles. The summed E-state index contributed by atoms with van der Waals surface area (Å²) in [6.45, 7) is 4.31.